The molecule has 0 fully saturated rings. The number of hydrogen-bond donors (Lipinski definition) is 1. The van der Waals surface area contributed by atoms with Crippen molar-refractivity contribution in [1.82, 2.24) is 9.55 Å². The standard InChI is InChI=1S/C14H16N2O4/c1-9(13-15-6-7-16(13)2)20-11-5-4-10(14(17)18)8-12(11)19-3/h4-9H,1-3H3,(H,17,18). The molecule has 6 heteroatoms. The van der Waals surface area contributed by atoms with Crippen LogP contribution in [0.2, 0.25) is 0 Å². The van der Waals surface area contributed by atoms with Crippen LogP contribution < -0.4 is 9.47 Å². The molecule has 0 aliphatic rings. The molecule has 1 unspecified atom stereocenters. The van der Waals surface area contributed by atoms with E-state index in [1.54, 1.807) is 12.3 Å². The molecule has 0 aliphatic carbocycles. The third kappa shape index (κ3) is 2.74. The number of benzene rings is 1. The number of aromatic nitrogens is 2. The summed E-state index contributed by atoms with van der Waals surface area (Å²) in [5.74, 6) is 0.625. The van der Waals surface area contributed by atoms with Crippen molar-refractivity contribution in [2.45, 2.75) is 13.0 Å². The van der Waals surface area contributed by atoms with Gasteiger partial charge >= 0.3 is 5.97 Å². The van der Waals surface area contributed by atoms with E-state index in [2.05, 4.69) is 4.98 Å². The number of carboxylic acids is 1. The van der Waals surface area contributed by atoms with Gasteiger partial charge < -0.3 is 19.1 Å². The van der Waals surface area contributed by atoms with Crippen LogP contribution in [0.4, 0.5) is 0 Å². The monoisotopic (exact) mass is 276 g/mol. The Kier molecular flexibility index (Phi) is 3.93. The van der Waals surface area contributed by atoms with Gasteiger partial charge in [0.1, 0.15) is 5.82 Å². The van der Waals surface area contributed by atoms with Gasteiger partial charge in [0.15, 0.2) is 17.6 Å². The number of methoxy groups -OCH3 is 1. The lowest BCUT2D eigenvalue weighted by Gasteiger charge is -2.17. The van der Waals surface area contributed by atoms with Gasteiger partial charge in [-0.3, -0.25) is 0 Å². The average molecular weight is 276 g/mol. The van der Waals surface area contributed by atoms with Crippen molar-refractivity contribution in [2.75, 3.05) is 7.11 Å². The number of rotatable bonds is 5. The van der Waals surface area contributed by atoms with Gasteiger partial charge in [-0.1, -0.05) is 0 Å². The Morgan fingerprint density at radius 2 is 2.15 bits per heavy atom. The summed E-state index contributed by atoms with van der Waals surface area (Å²) < 4.78 is 12.8. The van der Waals surface area contributed by atoms with Crippen LogP contribution in [0.3, 0.4) is 0 Å². The van der Waals surface area contributed by atoms with Gasteiger partial charge in [-0.2, -0.15) is 0 Å². The third-order valence-electron chi connectivity index (χ3n) is 2.94. The summed E-state index contributed by atoms with van der Waals surface area (Å²) in [6.07, 6.45) is 3.25. The fourth-order valence-corrected chi connectivity index (χ4v) is 1.91. The van der Waals surface area contributed by atoms with Crippen molar-refractivity contribution in [1.29, 1.82) is 0 Å². The zero-order valence-electron chi connectivity index (χ0n) is 11.5. The van der Waals surface area contributed by atoms with Crippen LogP contribution in [0, 0.1) is 0 Å². The minimum Gasteiger partial charge on any atom is -0.493 e. The van der Waals surface area contributed by atoms with E-state index in [0.29, 0.717) is 11.5 Å². The normalized spacial score (nSPS) is 11.9. The summed E-state index contributed by atoms with van der Waals surface area (Å²) in [4.78, 5) is 15.1. The first-order valence-corrected chi connectivity index (χ1v) is 6.08. The van der Waals surface area contributed by atoms with E-state index in [9.17, 15) is 4.79 Å². The van der Waals surface area contributed by atoms with Gasteiger partial charge in [0.25, 0.3) is 0 Å². The number of aromatic carboxylic acids is 1. The maximum atomic E-state index is 10.9. The first-order valence-electron chi connectivity index (χ1n) is 6.08. The highest BCUT2D eigenvalue weighted by Crippen LogP contribution is 2.31. The van der Waals surface area contributed by atoms with Gasteiger partial charge in [0.2, 0.25) is 0 Å². The zero-order valence-corrected chi connectivity index (χ0v) is 11.5. The molecule has 1 heterocycles. The van der Waals surface area contributed by atoms with Crippen LogP contribution in [-0.2, 0) is 7.05 Å². The van der Waals surface area contributed by atoms with Gasteiger partial charge in [-0.05, 0) is 25.1 Å². The minimum atomic E-state index is -1.01. The highest BCUT2D eigenvalue weighted by Gasteiger charge is 2.16. The van der Waals surface area contributed by atoms with Crippen LogP contribution in [0.15, 0.2) is 30.6 Å². The van der Waals surface area contributed by atoms with Crippen molar-refractivity contribution in [3.05, 3.63) is 42.0 Å². The quantitative estimate of drug-likeness (QED) is 0.906. The molecular weight excluding hydrogens is 260 g/mol. The predicted octanol–water partition coefficient (Wildman–Crippen LogP) is 2.27. The summed E-state index contributed by atoms with van der Waals surface area (Å²) in [6.45, 7) is 1.87. The van der Waals surface area contributed by atoms with Gasteiger partial charge in [-0.25, -0.2) is 9.78 Å². The smallest absolute Gasteiger partial charge is 0.335 e. The molecule has 0 saturated heterocycles. The molecule has 2 aromatic rings. The molecule has 2 rings (SSSR count). The fraction of sp³-hybridized carbons (Fsp3) is 0.286. The molecular formula is C14H16N2O4. The zero-order chi connectivity index (χ0) is 14.7. The second-order valence-corrected chi connectivity index (χ2v) is 4.33. The summed E-state index contributed by atoms with van der Waals surface area (Å²) in [7, 11) is 3.35. The van der Waals surface area contributed by atoms with E-state index < -0.39 is 5.97 Å². The summed E-state index contributed by atoms with van der Waals surface area (Å²) >= 11 is 0. The molecule has 106 valence electrons. The van der Waals surface area contributed by atoms with E-state index in [0.717, 1.165) is 5.82 Å². The number of ether oxygens (including phenoxy) is 2. The molecule has 0 saturated carbocycles. The predicted molar refractivity (Wildman–Crippen MR) is 72.2 cm³/mol. The Labute approximate surface area is 116 Å². The van der Waals surface area contributed by atoms with Crippen molar-refractivity contribution in [2.24, 2.45) is 7.05 Å². The second-order valence-electron chi connectivity index (χ2n) is 4.33. The first-order chi connectivity index (χ1) is 9.52. The average Bonchev–Trinajstić information content (AvgIpc) is 2.85. The second kappa shape index (κ2) is 5.64. The van der Waals surface area contributed by atoms with Crippen LogP contribution in [0.25, 0.3) is 0 Å². The van der Waals surface area contributed by atoms with E-state index in [4.69, 9.17) is 14.6 Å². The van der Waals surface area contributed by atoms with Crippen molar-refractivity contribution in [3.8, 4) is 11.5 Å². The lowest BCUT2D eigenvalue weighted by Crippen LogP contribution is -2.10. The van der Waals surface area contributed by atoms with E-state index in [-0.39, 0.29) is 11.7 Å². The van der Waals surface area contributed by atoms with Crippen molar-refractivity contribution < 1.29 is 19.4 Å². The Bertz CT molecular complexity index is 621. The van der Waals surface area contributed by atoms with Crippen molar-refractivity contribution >= 4 is 5.97 Å². The van der Waals surface area contributed by atoms with E-state index >= 15 is 0 Å². The van der Waals surface area contributed by atoms with E-state index in [1.807, 2.05) is 24.7 Å². The first kappa shape index (κ1) is 13.9. The largest absolute Gasteiger partial charge is 0.493 e. The van der Waals surface area contributed by atoms with Crippen LogP contribution in [0.1, 0.15) is 29.2 Å². The molecule has 1 atom stereocenters. The Hall–Kier alpha value is -2.50. The number of aryl methyl sites for hydroxylation is 1. The molecule has 0 amide bonds. The molecule has 20 heavy (non-hydrogen) atoms. The number of hydrogen-bond acceptors (Lipinski definition) is 4. The summed E-state index contributed by atoms with van der Waals surface area (Å²) in [6, 6.07) is 4.50. The lowest BCUT2D eigenvalue weighted by atomic mass is 10.2. The highest BCUT2D eigenvalue weighted by atomic mass is 16.5. The Morgan fingerprint density at radius 1 is 1.40 bits per heavy atom. The number of carboxylic acid groups (broad SMARTS) is 1. The molecule has 0 spiro atoms. The summed E-state index contributed by atoms with van der Waals surface area (Å²) in [5.41, 5.74) is 0.152. The molecule has 1 aromatic heterocycles. The van der Waals surface area contributed by atoms with Gasteiger partial charge in [0, 0.05) is 19.4 Å². The van der Waals surface area contributed by atoms with Crippen LogP contribution in [-0.4, -0.2) is 27.7 Å². The minimum absolute atomic E-state index is 0.152. The molecule has 1 N–H and O–H groups in total. The number of imidazole rings is 1. The van der Waals surface area contributed by atoms with Crippen LogP contribution in [0.5, 0.6) is 11.5 Å². The maximum Gasteiger partial charge on any atom is 0.335 e. The molecule has 0 radical (unpaired) electrons. The number of carbonyl (C=O) groups is 1. The van der Waals surface area contributed by atoms with Crippen molar-refractivity contribution in [3.63, 3.8) is 0 Å². The maximum absolute atomic E-state index is 10.9. The fourth-order valence-electron chi connectivity index (χ4n) is 1.91. The summed E-state index contributed by atoms with van der Waals surface area (Å²) in [5, 5.41) is 8.95. The molecule has 0 bridgehead atoms. The van der Waals surface area contributed by atoms with E-state index in [1.165, 1.54) is 19.2 Å². The van der Waals surface area contributed by atoms with Crippen LogP contribution >= 0.6 is 0 Å². The van der Waals surface area contributed by atoms with Gasteiger partial charge in [-0.15, -0.1) is 0 Å². The van der Waals surface area contributed by atoms with Gasteiger partial charge in [0.05, 0.1) is 12.7 Å². The topological polar surface area (TPSA) is 73.6 Å². The molecule has 0 aliphatic heterocycles. The lowest BCUT2D eigenvalue weighted by molar-refractivity contribution is 0.0696. The third-order valence-corrected chi connectivity index (χ3v) is 2.94. The SMILES string of the molecule is COc1cc(C(=O)O)ccc1OC(C)c1nccn1C. The molecule has 6 nitrogen and oxygen atoms in total. The highest BCUT2D eigenvalue weighted by molar-refractivity contribution is 5.88. The Morgan fingerprint density at radius 3 is 2.70 bits per heavy atom. The Balaban J connectivity index is 2.25. The number of nitrogens with zero attached hydrogens (tertiary/aromatic N) is 2. The molecule has 1 aromatic carbocycles.